The summed E-state index contributed by atoms with van der Waals surface area (Å²) in [6, 6.07) is 24.8. The first-order valence-electron chi connectivity index (χ1n) is 19.0. The van der Waals surface area contributed by atoms with Crippen molar-refractivity contribution < 1.29 is 75.6 Å². The summed E-state index contributed by atoms with van der Waals surface area (Å²) in [6.45, 7) is 3.78. The van der Waals surface area contributed by atoms with E-state index in [2.05, 4.69) is 0 Å². The molecule has 23 heteroatoms. The third-order valence-electron chi connectivity index (χ3n) is 10.8. The van der Waals surface area contributed by atoms with Gasteiger partial charge in [0.05, 0.1) is 48.0 Å². The summed E-state index contributed by atoms with van der Waals surface area (Å²) in [4.78, 5) is -2.10. The molecular weight excluding hydrogens is 979 g/mol. The van der Waals surface area contributed by atoms with Crippen LogP contribution in [0.15, 0.2) is 129 Å². The van der Waals surface area contributed by atoms with Crippen LogP contribution in [0.1, 0.15) is 25.0 Å². The quantitative estimate of drug-likeness (QED) is 0.0854. The van der Waals surface area contributed by atoms with Gasteiger partial charge in [0.2, 0.25) is 0 Å². The van der Waals surface area contributed by atoms with Crippen LogP contribution in [-0.2, 0) is 45.9 Å². The van der Waals surface area contributed by atoms with Gasteiger partial charge in [-0.1, -0.05) is 50.2 Å². The van der Waals surface area contributed by atoms with Gasteiger partial charge in [0.25, 0.3) is 40.5 Å². The second-order valence-electron chi connectivity index (χ2n) is 14.9. The molecule has 7 rings (SSSR count). The summed E-state index contributed by atoms with van der Waals surface area (Å²) < 4.78 is 173. The number of hydrogen-bond donors (Lipinski definition) is 4. The number of rotatable bonds is 14. The monoisotopic (exact) mass is 1020 g/mol. The van der Waals surface area contributed by atoms with Crippen molar-refractivity contribution >= 4 is 88.1 Å². The van der Waals surface area contributed by atoms with Crippen LogP contribution in [-0.4, -0.2) is 80.3 Å². The SMILES string of the molecule is COc1ccc(S(=O)(=O)O)cc1P(c1cc(S(=O)(=O)O)ccc1OC)c1cccc2c1Oc1c(P(c3cc(S(=O)(=O)O)ccc3OC)c3cc(S(=O)(=O)O)ccc3OC)cccc1C2(C)C. The fourth-order valence-corrected chi connectivity index (χ4v) is 15.4. The summed E-state index contributed by atoms with van der Waals surface area (Å²) in [7, 11) is -18.6. The Labute approximate surface area is 383 Å². The fourth-order valence-electron chi connectivity index (χ4n) is 7.65. The van der Waals surface area contributed by atoms with E-state index < -0.39 is 81.3 Å². The summed E-state index contributed by atoms with van der Waals surface area (Å²) in [5.74, 6) is 0.811. The summed E-state index contributed by atoms with van der Waals surface area (Å²) in [5, 5.41) is 1.22. The van der Waals surface area contributed by atoms with Gasteiger partial charge in [-0.05, 0) is 88.6 Å². The van der Waals surface area contributed by atoms with Gasteiger partial charge < -0.3 is 23.7 Å². The molecule has 4 N–H and O–H groups in total. The van der Waals surface area contributed by atoms with Gasteiger partial charge in [0.1, 0.15) is 34.5 Å². The molecular formula is C43H40O17P2S4. The molecule has 0 fully saturated rings. The average molecular weight is 1020 g/mol. The maximum Gasteiger partial charge on any atom is 0.294 e. The highest BCUT2D eigenvalue weighted by molar-refractivity contribution is 7.87. The van der Waals surface area contributed by atoms with E-state index in [1.54, 1.807) is 36.4 Å². The van der Waals surface area contributed by atoms with Gasteiger partial charge in [-0.2, -0.15) is 33.7 Å². The third kappa shape index (κ3) is 9.12. The summed E-state index contributed by atoms with van der Waals surface area (Å²) >= 11 is 0. The number of hydrogen-bond acceptors (Lipinski definition) is 13. The minimum Gasteiger partial charge on any atom is -0.496 e. The van der Waals surface area contributed by atoms with Crippen LogP contribution in [0.25, 0.3) is 0 Å². The van der Waals surface area contributed by atoms with E-state index in [-0.39, 0.29) is 55.7 Å². The Balaban J connectivity index is 1.61. The van der Waals surface area contributed by atoms with E-state index in [9.17, 15) is 51.9 Å². The Hall–Kier alpha value is -5.18. The minimum absolute atomic E-state index is 0.113. The van der Waals surface area contributed by atoms with Crippen LogP contribution in [0.3, 0.4) is 0 Å². The van der Waals surface area contributed by atoms with Crippen LogP contribution in [0.2, 0.25) is 0 Å². The molecule has 0 saturated heterocycles. The number of benzene rings is 6. The Kier molecular flexibility index (Phi) is 13.1. The van der Waals surface area contributed by atoms with Crippen molar-refractivity contribution in [2.45, 2.75) is 38.8 Å². The molecule has 0 atom stereocenters. The Morgan fingerprint density at radius 1 is 0.409 bits per heavy atom. The van der Waals surface area contributed by atoms with E-state index in [0.29, 0.717) is 21.7 Å². The number of methoxy groups -OCH3 is 4. The zero-order valence-corrected chi connectivity index (χ0v) is 40.6. The molecule has 1 aliphatic heterocycles. The molecule has 6 aromatic rings. The van der Waals surface area contributed by atoms with Gasteiger partial charge in [0.15, 0.2) is 0 Å². The molecule has 66 heavy (non-hydrogen) atoms. The Bertz CT molecular complexity index is 3010. The largest absolute Gasteiger partial charge is 0.496 e. The standard InChI is InChI=1S/C43H40O17P2S4/c1-43(2)29-9-7-11-35(61(37-21-25(63(44,45)46)13-17-31(37)56-3)38-22-26(64(47,48)49)14-18-32(38)57-4)41(29)60-42-30(43)10-8-12-36(42)62(39-23-27(65(50,51)52)15-19-33(39)58-5)40-24-28(66(53,54)55)16-20-34(40)59-6/h7-24H,1-6H3,(H,44,45,46)(H,47,48,49)(H,50,51,52)(H,53,54,55). The van der Waals surface area contributed by atoms with Crippen LogP contribution in [0.5, 0.6) is 34.5 Å². The van der Waals surface area contributed by atoms with E-state index in [1.165, 1.54) is 77.0 Å². The predicted octanol–water partition coefficient (Wildman–Crippen LogP) is 4.66. The van der Waals surface area contributed by atoms with Crippen molar-refractivity contribution in [2.24, 2.45) is 0 Å². The molecule has 1 heterocycles. The lowest BCUT2D eigenvalue weighted by Crippen LogP contribution is -2.33. The first kappa shape index (κ1) is 48.7. The van der Waals surface area contributed by atoms with Crippen molar-refractivity contribution in [3.8, 4) is 34.5 Å². The number of para-hydroxylation sites is 2. The van der Waals surface area contributed by atoms with Crippen LogP contribution in [0, 0.1) is 0 Å². The lowest BCUT2D eigenvalue weighted by Gasteiger charge is -2.38. The molecule has 0 saturated carbocycles. The van der Waals surface area contributed by atoms with Crippen LogP contribution < -0.4 is 55.5 Å². The molecule has 0 radical (unpaired) electrons. The van der Waals surface area contributed by atoms with Gasteiger partial charge in [-0.25, -0.2) is 0 Å². The predicted molar refractivity (Wildman–Crippen MR) is 248 cm³/mol. The van der Waals surface area contributed by atoms with E-state index >= 15 is 0 Å². The first-order valence-corrected chi connectivity index (χ1v) is 27.5. The summed E-state index contributed by atoms with van der Waals surface area (Å²) in [6.07, 6.45) is 0. The van der Waals surface area contributed by atoms with E-state index in [1.807, 2.05) is 13.8 Å². The molecule has 17 nitrogen and oxygen atoms in total. The molecule has 0 amide bonds. The maximum absolute atomic E-state index is 12.7. The number of ether oxygens (including phenoxy) is 5. The van der Waals surface area contributed by atoms with Gasteiger partial charge in [-0.3, -0.25) is 18.2 Å². The van der Waals surface area contributed by atoms with E-state index in [0.717, 1.165) is 24.3 Å². The van der Waals surface area contributed by atoms with Gasteiger partial charge in [0, 0.05) is 48.4 Å². The van der Waals surface area contributed by atoms with Crippen molar-refractivity contribution in [1.82, 2.24) is 0 Å². The molecule has 6 aromatic carbocycles. The molecule has 0 aliphatic carbocycles. The maximum atomic E-state index is 12.7. The fraction of sp³-hybridized carbons (Fsp3) is 0.163. The highest BCUT2D eigenvalue weighted by atomic mass is 32.2. The molecule has 0 spiro atoms. The zero-order chi connectivity index (χ0) is 48.3. The highest BCUT2D eigenvalue weighted by Crippen LogP contribution is 2.54. The normalized spacial score (nSPS) is 13.7. The van der Waals surface area contributed by atoms with Gasteiger partial charge >= 0.3 is 0 Å². The zero-order valence-electron chi connectivity index (χ0n) is 35.5. The molecule has 348 valence electrons. The van der Waals surface area contributed by atoms with Crippen molar-refractivity contribution in [3.05, 3.63) is 120 Å². The second kappa shape index (κ2) is 17.8. The molecule has 0 aromatic heterocycles. The third-order valence-corrected chi connectivity index (χ3v) is 19.2. The highest BCUT2D eigenvalue weighted by Gasteiger charge is 2.41. The topological polar surface area (TPSA) is 264 Å². The molecule has 1 aliphatic rings. The molecule has 0 bridgehead atoms. The van der Waals surface area contributed by atoms with Crippen molar-refractivity contribution in [3.63, 3.8) is 0 Å². The lowest BCUT2D eigenvalue weighted by molar-refractivity contribution is 0.416. The Morgan fingerprint density at radius 3 is 0.894 bits per heavy atom. The lowest BCUT2D eigenvalue weighted by atomic mass is 9.76. The van der Waals surface area contributed by atoms with Crippen LogP contribution in [0.4, 0.5) is 0 Å². The summed E-state index contributed by atoms with van der Waals surface area (Å²) in [5.41, 5.74) is 0.166. The van der Waals surface area contributed by atoms with Crippen molar-refractivity contribution in [2.75, 3.05) is 28.4 Å². The first-order chi connectivity index (χ1) is 30.8. The minimum atomic E-state index is -4.84. The molecule has 0 unspecified atom stereocenters. The van der Waals surface area contributed by atoms with E-state index in [4.69, 9.17) is 23.7 Å². The second-order valence-corrected chi connectivity index (χ2v) is 24.9. The van der Waals surface area contributed by atoms with Gasteiger partial charge in [-0.15, -0.1) is 0 Å². The smallest absolute Gasteiger partial charge is 0.294 e. The number of fused-ring (bicyclic) bond motifs is 2. The average Bonchev–Trinajstić information content (AvgIpc) is 3.25. The van der Waals surface area contributed by atoms with Crippen molar-refractivity contribution in [1.29, 1.82) is 0 Å². The van der Waals surface area contributed by atoms with Crippen LogP contribution >= 0.6 is 15.8 Å². The Morgan fingerprint density at radius 2 is 0.667 bits per heavy atom.